The third-order valence-corrected chi connectivity index (χ3v) is 3.70. The van der Waals surface area contributed by atoms with Crippen molar-refractivity contribution in [1.82, 2.24) is 9.97 Å². The van der Waals surface area contributed by atoms with Crippen molar-refractivity contribution in [2.45, 2.75) is 19.1 Å². The standard InChI is InChI=1S/C14H13Cl2F3N4O/c1-7(6-24)20-13-22-10(14(17,18)19)5-11(23-13)21-9-4-2-3-8(15)12(9)16/h2-5,7,24H,6H2,1H3,(H2,20,21,22,23)/t7-/m1/s1. The van der Waals surface area contributed by atoms with E-state index in [4.69, 9.17) is 28.3 Å². The zero-order chi connectivity index (χ0) is 17.9. The van der Waals surface area contributed by atoms with Gasteiger partial charge in [-0.05, 0) is 19.1 Å². The molecule has 5 nitrogen and oxygen atoms in total. The van der Waals surface area contributed by atoms with Crippen molar-refractivity contribution in [2.75, 3.05) is 17.2 Å². The van der Waals surface area contributed by atoms with E-state index in [-0.39, 0.29) is 28.4 Å². The van der Waals surface area contributed by atoms with E-state index in [1.807, 2.05) is 0 Å². The lowest BCUT2D eigenvalue weighted by atomic mass is 10.3. The van der Waals surface area contributed by atoms with E-state index < -0.39 is 17.9 Å². The molecule has 0 aliphatic rings. The highest BCUT2D eigenvalue weighted by Crippen LogP contribution is 2.34. The molecule has 1 heterocycles. The molecule has 2 rings (SSSR count). The molecule has 0 fully saturated rings. The quantitative estimate of drug-likeness (QED) is 0.719. The Balaban J connectivity index is 2.41. The number of alkyl halides is 3. The van der Waals surface area contributed by atoms with Crippen LogP contribution in [0.25, 0.3) is 0 Å². The van der Waals surface area contributed by atoms with Gasteiger partial charge in [0.15, 0.2) is 5.69 Å². The second-order valence-electron chi connectivity index (χ2n) is 4.91. The Labute approximate surface area is 145 Å². The number of anilines is 3. The van der Waals surface area contributed by atoms with Gasteiger partial charge < -0.3 is 15.7 Å². The number of aromatic nitrogens is 2. The summed E-state index contributed by atoms with van der Waals surface area (Å²) in [7, 11) is 0. The summed E-state index contributed by atoms with van der Waals surface area (Å²) in [4.78, 5) is 7.37. The van der Waals surface area contributed by atoms with Gasteiger partial charge in [0.2, 0.25) is 5.95 Å². The van der Waals surface area contributed by atoms with Gasteiger partial charge in [0.05, 0.1) is 22.3 Å². The van der Waals surface area contributed by atoms with Crippen molar-refractivity contribution >= 4 is 40.7 Å². The second-order valence-corrected chi connectivity index (χ2v) is 5.70. The van der Waals surface area contributed by atoms with Crippen LogP contribution in [-0.2, 0) is 6.18 Å². The summed E-state index contributed by atoms with van der Waals surface area (Å²) in [5.74, 6) is -0.388. The maximum atomic E-state index is 13.0. The first kappa shape index (κ1) is 18.6. The predicted octanol–water partition coefficient (Wildman–Crippen LogP) is 4.34. The van der Waals surface area contributed by atoms with Gasteiger partial charge >= 0.3 is 6.18 Å². The molecular formula is C14H13Cl2F3N4O. The minimum Gasteiger partial charge on any atom is -0.394 e. The highest BCUT2D eigenvalue weighted by atomic mass is 35.5. The van der Waals surface area contributed by atoms with Gasteiger partial charge in [-0.3, -0.25) is 0 Å². The van der Waals surface area contributed by atoms with E-state index >= 15 is 0 Å². The van der Waals surface area contributed by atoms with Crippen molar-refractivity contribution in [3.05, 3.63) is 40.0 Å². The average molecular weight is 381 g/mol. The van der Waals surface area contributed by atoms with Crippen molar-refractivity contribution in [3.63, 3.8) is 0 Å². The summed E-state index contributed by atoms with van der Waals surface area (Å²) in [6, 6.07) is 4.93. The lowest BCUT2D eigenvalue weighted by Crippen LogP contribution is -2.22. The number of aliphatic hydroxyl groups is 1. The normalized spacial score (nSPS) is 12.8. The van der Waals surface area contributed by atoms with Crippen LogP contribution in [-0.4, -0.2) is 27.7 Å². The number of halogens is 5. The first-order chi connectivity index (χ1) is 11.2. The van der Waals surface area contributed by atoms with Gasteiger partial charge in [-0.2, -0.15) is 18.2 Å². The molecule has 1 aromatic carbocycles. The van der Waals surface area contributed by atoms with Crippen LogP contribution in [0.1, 0.15) is 12.6 Å². The summed E-state index contributed by atoms with van der Waals surface area (Å²) in [6.45, 7) is 1.28. The number of benzene rings is 1. The van der Waals surface area contributed by atoms with Crippen molar-refractivity contribution in [1.29, 1.82) is 0 Å². The van der Waals surface area contributed by atoms with Crippen LogP contribution in [0.4, 0.5) is 30.6 Å². The molecular weight excluding hydrogens is 368 g/mol. The predicted molar refractivity (Wildman–Crippen MR) is 86.9 cm³/mol. The number of nitrogens with one attached hydrogen (secondary N) is 2. The number of aliphatic hydroxyl groups excluding tert-OH is 1. The molecule has 0 aliphatic heterocycles. The zero-order valence-corrected chi connectivity index (χ0v) is 13.8. The molecule has 0 aliphatic carbocycles. The first-order valence-corrected chi connectivity index (χ1v) is 7.51. The molecule has 1 atom stereocenters. The van der Waals surface area contributed by atoms with Crippen molar-refractivity contribution in [2.24, 2.45) is 0 Å². The van der Waals surface area contributed by atoms with E-state index in [0.717, 1.165) is 6.07 Å². The van der Waals surface area contributed by atoms with E-state index in [0.29, 0.717) is 5.69 Å². The molecule has 10 heteroatoms. The van der Waals surface area contributed by atoms with Crippen LogP contribution < -0.4 is 10.6 Å². The molecule has 0 saturated carbocycles. The van der Waals surface area contributed by atoms with Crippen molar-refractivity contribution < 1.29 is 18.3 Å². The maximum Gasteiger partial charge on any atom is 0.433 e. The monoisotopic (exact) mass is 380 g/mol. The fourth-order valence-corrected chi connectivity index (χ4v) is 2.07. The Morgan fingerprint density at radius 3 is 2.58 bits per heavy atom. The second kappa shape index (κ2) is 7.42. The molecule has 0 radical (unpaired) electrons. The summed E-state index contributed by atoms with van der Waals surface area (Å²) < 4.78 is 39.0. The van der Waals surface area contributed by atoms with E-state index in [1.165, 1.54) is 0 Å². The topological polar surface area (TPSA) is 70.1 Å². The molecule has 3 N–H and O–H groups in total. The highest BCUT2D eigenvalue weighted by Gasteiger charge is 2.34. The van der Waals surface area contributed by atoms with Crippen LogP contribution in [0, 0.1) is 0 Å². The minimum atomic E-state index is -4.66. The number of rotatable bonds is 5. The van der Waals surface area contributed by atoms with Crippen molar-refractivity contribution in [3.8, 4) is 0 Å². The molecule has 2 aromatic rings. The fraction of sp³-hybridized carbons (Fsp3) is 0.286. The summed E-state index contributed by atoms with van der Waals surface area (Å²) in [6.07, 6.45) is -4.66. The number of nitrogens with zero attached hydrogens (tertiary/aromatic N) is 2. The average Bonchev–Trinajstić information content (AvgIpc) is 2.50. The van der Waals surface area contributed by atoms with Gasteiger partial charge in [-0.25, -0.2) is 4.98 Å². The molecule has 0 spiro atoms. The van der Waals surface area contributed by atoms with E-state index in [2.05, 4.69) is 20.6 Å². The molecule has 130 valence electrons. The zero-order valence-electron chi connectivity index (χ0n) is 12.3. The Hall–Kier alpha value is -1.77. The molecule has 0 unspecified atom stereocenters. The van der Waals surface area contributed by atoms with Crippen LogP contribution >= 0.6 is 23.2 Å². The molecule has 0 saturated heterocycles. The summed E-state index contributed by atoms with van der Waals surface area (Å²) in [5, 5.41) is 14.7. The summed E-state index contributed by atoms with van der Waals surface area (Å²) in [5.41, 5.74) is -0.831. The third-order valence-electron chi connectivity index (χ3n) is 2.88. The minimum absolute atomic E-state index is 0.117. The Morgan fingerprint density at radius 2 is 1.96 bits per heavy atom. The summed E-state index contributed by atoms with van der Waals surface area (Å²) >= 11 is 11.9. The first-order valence-electron chi connectivity index (χ1n) is 6.75. The molecule has 24 heavy (non-hydrogen) atoms. The van der Waals surface area contributed by atoms with Gasteiger partial charge in [-0.15, -0.1) is 0 Å². The largest absolute Gasteiger partial charge is 0.433 e. The van der Waals surface area contributed by atoms with E-state index in [9.17, 15) is 13.2 Å². The fourth-order valence-electron chi connectivity index (χ4n) is 1.73. The molecule has 1 aromatic heterocycles. The highest BCUT2D eigenvalue weighted by molar-refractivity contribution is 6.43. The lowest BCUT2D eigenvalue weighted by Gasteiger charge is -2.15. The van der Waals surface area contributed by atoms with E-state index in [1.54, 1.807) is 25.1 Å². The van der Waals surface area contributed by atoms with Gasteiger partial charge in [0, 0.05) is 12.1 Å². The molecule has 0 amide bonds. The smallest absolute Gasteiger partial charge is 0.394 e. The number of hydrogen-bond acceptors (Lipinski definition) is 5. The Bertz CT molecular complexity index is 728. The van der Waals surface area contributed by atoms with Gasteiger partial charge in [0.25, 0.3) is 0 Å². The van der Waals surface area contributed by atoms with Gasteiger partial charge in [0.1, 0.15) is 5.82 Å². The van der Waals surface area contributed by atoms with Crippen LogP contribution in [0.5, 0.6) is 0 Å². The van der Waals surface area contributed by atoms with Gasteiger partial charge in [-0.1, -0.05) is 29.3 Å². The Morgan fingerprint density at radius 1 is 1.25 bits per heavy atom. The SMILES string of the molecule is C[C@H](CO)Nc1nc(Nc2cccc(Cl)c2Cl)cc(C(F)(F)F)n1. The van der Waals surface area contributed by atoms with Crippen LogP contribution in [0.2, 0.25) is 10.0 Å². The molecule has 0 bridgehead atoms. The Kier molecular flexibility index (Phi) is 5.74. The van der Waals surface area contributed by atoms with Crippen LogP contribution in [0.3, 0.4) is 0 Å². The van der Waals surface area contributed by atoms with Crippen LogP contribution in [0.15, 0.2) is 24.3 Å². The maximum absolute atomic E-state index is 13.0. The number of hydrogen-bond donors (Lipinski definition) is 3. The lowest BCUT2D eigenvalue weighted by molar-refractivity contribution is -0.141. The third kappa shape index (κ3) is 4.62.